The molecule has 0 aromatic heterocycles. The van der Waals surface area contributed by atoms with Crippen molar-refractivity contribution in [3.05, 3.63) is 84.7 Å². The molecular weight excluding hydrogens is 333 g/mol. The average molecular weight is 349 g/mol. The number of rotatable bonds is 3. The van der Waals surface area contributed by atoms with Gasteiger partial charge in [-0.1, -0.05) is 24.3 Å². The van der Waals surface area contributed by atoms with E-state index in [1.54, 1.807) is 48.5 Å². The van der Waals surface area contributed by atoms with Gasteiger partial charge in [-0.05, 0) is 54.6 Å². The second-order valence-electron chi connectivity index (χ2n) is 5.53. The number of hydrogen-bond donors (Lipinski definition) is 2. The molecule has 0 aliphatic heterocycles. The van der Waals surface area contributed by atoms with Crippen molar-refractivity contribution in [3.8, 4) is 0 Å². The van der Waals surface area contributed by atoms with Crippen LogP contribution in [0.25, 0.3) is 0 Å². The Hall–Kier alpha value is -3.67. The maximum Gasteiger partial charge on any atom is 0.321 e. The minimum absolute atomic E-state index is 0.202. The maximum atomic E-state index is 13.3. The molecule has 3 aromatic rings. The lowest BCUT2D eigenvalue weighted by Crippen LogP contribution is -2.36. The van der Waals surface area contributed by atoms with Gasteiger partial charge in [0, 0.05) is 22.7 Å². The Morgan fingerprint density at radius 1 is 0.846 bits per heavy atom. The van der Waals surface area contributed by atoms with Gasteiger partial charge in [0.05, 0.1) is 0 Å². The lowest BCUT2D eigenvalue weighted by molar-refractivity contribution is -0.134. The Labute approximate surface area is 149 Å². The second kappa shape index (κ2) is 7.48. The number of halogens is 1. The number of benzene rings is 3. The number of para-hydroxylation sites is 1. The summed E-state index contributed by atoms with van der Waals surface area (Å²) in [5, 5.41) is 2.42. The van der Waals surface area contributed by atoms with Crippen molar-refractivity contribution in [2.75, 3.05) is 16.0 Å². The molecule has 130 valence electrons. The molecule has 0 heterocycles. The van der Waals surface area contributed by atoms with Gasteiger partial charge in [0.1, 0.15) is 5.82 Å². The van der Waals surface area contributed by atoms with E-state index in [0.29, 0.717) is 17.1 Å². The van der Waals surface area contributed by atoms with Gasteiger partial charge in [0.2, 0.25) is 0 Å². The quantitative estimate of drug-likeness (QED) is 0.559. The lowest BCUT2D eigenvalue weighted by Gasteiger charge is -2.22. The summed E-state index contributed by atoms with van der Waals surface area (Å²) in [7, 11) is 0. The van der Waals surface area contributed by atoms with E-state index >= 15 is 0 Å². The Balaban J connectivity index is 1.92. The van der Waals surface area contributed by atoms with Gasteiger partial charge in [-0.15, -0.1) is 0 Å². The van der Waals surface area contributed by atoms with Crippen molar-refractivity contribution in [1.29, 1.82) is 0 Å². The van der Waals surface area contributed by atoms with Crippen LogP contribution in [0.5, 0.6) is 0 Å². The summed E-state index contributed by atoms with van der Waals surface area (Å²) in [6, 6.07) is 20.7. The second-order valence-corrected chi connectivity index (χ2v) is 5.53. The van der Waals surface area contributed by atoms with Gasteiger partial charge in [0.15, 0.2) is 0 Å². The highest BCUT2D eigenvalue weighted by atomic mass is 19.1. The molecule has 2 amide bonds. The first-order valence-electron chi connectivity index (χ1n) is 7.86. The van der Waals surface area contributed by atoms with E-state index in [9.17, 15) is 14.0 Å². The molecule has 3 N–H and O–H groups in total. The number of nitrogens with zero attached hydrogens (tertiary/aromatic N) is 1. The molecule has 0 atom stereocenters. The predicted molar refractivity (Wildman–Crippen MR) is 99.5 cm³/mol. The summed E-state index contributed by atoms with van der Waals surface area (Å²) in [6.07, 6.45) is 0. The molecule has 0 radical (unpaired) electrons. The van der Waals surface area contributed by atoms with Gasteiger partial charge in [-0.3, -0.25) is 14.5 Å². The molecule has 5 nitrogen and oxygen atoms in total. The molecule has 0 fully saturated rings. The third-order valence-corrected chi connectivity index (χ3v) is 3.65. The van der Waals surface area contributed by atoms with Crippen LogP contribution in [0.4, 0.5) is 27.1 Å². The number of carbonyl (C=O) groups excluding carboxylic acids is 2. The summed E-state index contributed by atoms with van der Waals surface area (Å²) in [4.78, 5) is 26.5. The van der Waals surface area contributed by atoms with E-state index in [4.69, 9.17) is 5.73 Å². The zero-order chi connectivity index (χ0) is 18.5. The van der Waals surface area contributed by atoms with E-state index in [0.717, 1.165) is 6.07 Å². The number of hydrogen-bond acceptors (Lipinski definition) is 3. The number of nitrogen functional groups attached to an aromatic ring is 1. The van der Waals surface area contributed by atoms with E-state index < -0.39 is 17.6 Å². The van der Waals surface area contributed by atoms with Gasteiger partial charge >= 0.3 is 11.8 Å². The molecule has 3 aromatic carbocycles. The molecule has 26 heavy (non-hydrogen) atoms. The SMILES string of the molecule is Nc1ccc(N(C(=O)C(=O)Nc2cccc(F)c2)c2ccccc2)cc1. The van der Waals surface area contributed by atoms with Crippen molar-refractivity contribution >= 4 is 34.6 Å². The monoisotopic (exact) mass is 349 g/mol. The topological polar surface area (TPSA) is 75.4 Å². The first kappa shape index (κ1) is 17.2. The van der Waals surface area contributed by atoms with Crippen LogP contribution in [0.2, 0.25) is 0 Å². The zero-order valence-corrected chi connectivity index (χ0v) is 13.7. The average Bonchev–Trinajstić information content (AvgIpc) is 2.64. The molecule has 0 saturated carbocycles. The third kappa shape index (κ3) is 3.87. The smallest absolute Gasteiger partial charge is 0.321 e. The van der Waals surface area contributed by atoms with Crippen molar-refractivity contribution in [2.24, 2.45) is 0 Å². The van der Waals surface area contributed by atoms with Gasteiger partial charge in [-0.2, -0.15) is 0 Å². The van der Waals surface area contributed by atoms with Crippen LogP contribution in [0.15, 0.2) is 78.9 Å². The molecule has 0 aliphatic carbocycles. The van der Waals surface area contributed by atoms with Crippen molar-refractivity contribution in [2.45, 2.75) is 0 Å². The van der Waals surface area contributed by atoms with Crippen LogP contribution >= 0.6 is 0 Å². The van der Waals surface area contributed by atoms with Crippen molar-refractivity contribution in [3.63, 3.8) is 0 Å². The zero-order valence-electron chi connectivity index (χ0n) is 13.7. The highest BCUT2D eigenvalue weighted by Gasteiger charge is 2.25. The molecule has 0 aliphatic rings. The minimum atomic E-state index is -0.878. The maximum absolute atomic E-state index is 13.3. The summed E-state index contributed by atoms with van der Waals surface area (Å²) in [5.41, 5.74) is 7.46. The molecule has 0 unspecified atom stereocenters. The van der Waals surface area contributed by atoms with E-state index in [2.05, 4.69) is 5.32 Å². The molecule has 6 heteroatoms. The van der Waals surface area contributed by atoms with Crippen molar-refractivity contribution in [1.82, 2.24) is 0 Å². The third-order valence-electron chi connectivity index (χ3n) is 3.65. The predicted octanol–water partition coefficient (Wildman–Crippen LogP) is 3.71. The van der Waals surface area contributed by atoms with Crippen LogP contribution in [-0.4, -0.2) is 11.8 Å². The Morgan fingerprint density at radius 3 is 2.15 bits per heavy atom. The van der Waals surface area contributed by atoms with Crippen LogP contribution in [0.1, 0.15) is 0 Å². The van der Waals surface area contributed by atoms with E-state index in [1.807, 2.05) is 6.07 Å². The van der Waals surface area contributed by atoms with Gasteiger partial charge < -0.3 is 11.1 Å². The fraction of sp³-hybridized carbons (Fsp3) is 0. The van der Waals surface area contributed by atoms with Gasteiger partial charge in [0.25, 0.3) is 0 Å². The van der Waals surface area contributed by atoms with E-state index in [-0.39, 0.29) is 5.69 Å². The van der Waals surface area contributed by atoms with Gasteiger partial charge in [-0.25, -0.2) is 4.39 Å². The molecule has 0 bridgehead atoms. The highest BCUT2D eigenvalue weighted by Crippen LogP contribution is 2.26. The fourth-order valence-corrected chi connectivity index (χ4v) is 2.44. The highest BCUT2D eigenvalue weighted by molar-refractivity contribution is 6.45. The summed E-state index contributed by atoms with van der Waals surface area (Å²) >= 11 is 0. The number of nitrogens with one attached hydrogen (secondary N) is 1. The summed E-state index contributed by atoms with van der Waals surface area (Å²) in [5.74, 6) is -2.18. The number of nitrogens with two attached hydrogens (primary N) is 1. The van der Waals surface area contributed by atoms with E-state index in [1.165, 1.54) is 23.1 Å². The first-order chi connectivity index (χ1) is 12.5. The van der Waals surface area contributed by atoms with Crippen LogP contribution in [0.3, 0.4) is 0 Å². The number of anilines is 4. The Bertz CT molecular complexity index is 927. The fourth-order valence-electron chi connectivity index (χ4n) is 2.44. The Kier molecular flexibility index (Phi) is 4.94. The summed E-state index contributed by atoms with van der Waals surface area (Å²) < 4.78 is 13.3. The Morgan fingerprint density at radius 2 is 1.50 bits per heavy atom. The van der Waals surface area contributed by atoms with Crippen LogP contribution < -0.4 is 16.0 Å². The first-order valence-corrected chi connectivity index (χ1v) is 7.86. The minimum Gasteiger partial charge on any atom is -0.399 e. The number of amides is 2. The van der Waals surface area contributed by atoms with Crippen LogP contribution in [-0.2, 0) is 9.59 Å². The van der Waals surface area contributed by atoms with Crippen molar-refractivity contribution < 1.29 is 14.0 Å². The van der Waals surface area contributed by atoms with Crippen LogP contribution in [0, 0.1) is 5.82 Å². The number of carbonyl (C=O) groups is 2. The summed E-state index contributed by atoms with van der Waals surface area (Å²) in [6.45, 7) is 0. The lowest BCUT2D eigenvalue weighted by atomic mass is 10.2. The molecular formula is C20H16FN3O2. The molecule has 0 spiro atoms. The normalized spacial score (nSPS) is 10.2. The largest absolute Gasteiger partial charge is 0.399 e. The molecule has 0 saturated heterocycles. The standard InChI is InChI=1S/C20H16FN3O2/c21-14-5-4-6-16(13-14)23-19(25)20(26)24(17-7-2-1-3-8-17)18-11-9-15(22)10-12-18/h1-13H,22H2,(H,23,25). The molecule has 3 rings (SSSR count).